The van der Waals surface area contributed by atoms with Crippen molar-refractivity contribution in [1.29, 1.82) is 0 Å². The molecule has 1 unspecified atom stereocenters. The second kappa shape index (κ2) is 6.34. The number of carbonyl (C=O) groups excluding carboxylic acids is 1. The molecule has 1 N–H and O–H groups in total. The van der Waals surface area contributed by atoms with Crippen molar-refractivity contribution in [2.75, 3.05) is 27.4 Å². The highest BCUT2D eigenvalue weighted by Crippen LogP contribution is 2.32. The number of aryl methyl sites for hydroxylation is 1. The van der Waals surface area contributed by atoms with Gasteiger partial charge in [-0.3, -0.25) is 9.69 Å². The Morgan fingerprint density at radius 1 is 1.30 bits per heavy atom. The summed E-state index contributed by atoms with van der Waals surface area (Å²) < 4.78 is 12.6. The Hall–Kier alpha value is -2.47. The fraction of sp³-hybridized carbons (Fsp3) is 0.353. The molecule has 0 saturated heterocycles. The highest BCUT2D eigenvalue weighted by Gasteiger charge is 2.20. The Morgan fingerprint density at radius 3 is 2.78 bits per heavy atom. The average Bonchev–Trinajstić information content (AvgIpc) is 3.15. The van der Waals surface area contributed by atoms with E-state index in [0.29, 0.717) is 23.6 Å². The summed E-state index contributed by atoms with van der Waals surface area (Å²) >= 11 is 0. The van der Waals surface area contributed by atoms with Gasteiger partial charge in [-0.05, 0) is 44.4 Å². The van der Waals surface area contributed by atoms with Gasteiger partial charge in [0.1, 0.15) is 0 Å². The molecular formula is C17H21N3O3. The third-order valence-electron chi connectivity index (χ3n) is 4.04. The third kappa shape index (κ3) is 3.17. The number of rotatable bonds is 5. The highest BCUT2D eigenvalue weighted by molar-refractivity contribution is 5.94. The molecule has 0 bridgehead atoms. The second-order valence-electron chi connectivity index (χ2n) is 5.80. The number of amides is 1. The summed E-state index contributed by atoms with van der Waals surface area (Å²) in [6.07, 6.45) is 2.01. The minimum Gasteiger partial charge on any atom is -0.454 e. The molecule has 1 aromatic heterocycles. The van der Waals surface area contributed by atoms with Gasteiger partial charge in [0.2, 0.25) is 6.79 Å². The van der Waals surface area contributed by atoms with E-state index in [9.17, 15) is 4.79 Å². The van der Waals surface area contributed by atoms with Crippen molar-refractivity contribution in [2.45, 2.75) is 6.04 Å². The van der Waals surface area contributed by atoms with Crippen molar-refractivity contribution in [2.24, 2.45) is 7.05 Å². The predicted octanol–water partition coefficient (Wildman–Crippen LogP) is 1.79. The molecule has 6 nitrogen and oxygen atoms in total. The molecule has 0 fully saturated rings. The van der Waals surface area contributed by atoms with Crippen LogP contribution in [0, 0.1) is 0 Å². The molecule has 6 heteroatoms. The largest absolute Gasteiger partial charge is 0.454 e. The van der Waals surface area contributed by atoms with Crippen LogP contribution in [0.5, 0.6) is 11.5 Å². The number of fused-ring (bicyclic) bond motifs is 1. The summed E-state index contributed by atoms with van der Waals surface area (Å²) in [5.74, 6) is 1.17. The van der Waals surface area contributed by atoms with Gasteiger partial charge in [0.25, 0.3) is 5.91 Å². The number of hydrogen-bond acceptors (Lipinski definition) is 4. The number of likely N-dealkylation sites (N-methyl/N-ethyl adjacent to an activating group) is 1. The van der Waals surface area contributed by atoms with Crippen molar-refractivity contribution in [1.82, 2.24) is 14.8 Å². The maximum Gasteiger partial charge on any atom is 0.251 e. The van der Waals surface area contributed by atoms with Crippen LogP contribution in [0.25, 0.3) is 0 Å². The van der Waals surface area contributed by atoms with Crippen LogP contribution in [-0.4, -0.2) is 42.8 Å². The van der Waals surface area contributed by atoms with Crippen LogP contribution in [0.4, 0.5) is 0 Å². The van der Waals surface area contributed by atoms with Gasteiger partial charge < -0.3 is 19.4 Å². The summed E-state index contributed by atoms with van der Waals surface area (Å²) in [6, 6.07) is 9.40. The van der Waals surface area contributed by atoms with Crippen LogP contribution in [0.2, 0.25) is 0 Å². The van der Waals surface area contributed by atoms with Crippen molar-refractivity contribution in [3.8, 4) is 11.5 Å². The quantitative estimate of drug-likeness (QED) is 0.914. The molecular weight excluding hydrogens is 294 g/mol. The Kier molecular flexibility index (Phi) is 4.25. The van der Waals surface area contributed by atoms with Crippen LogP contribution in [0.15, 0.2) is 36.5 Å². The van der Waals surface area contributed by atoms with E-state index in [1.54, 1.807) is 18.2 Å². The molecule has 2 aromatic rings. The molecule has 0 spiro atoms. The number of carbonyl (C=O) groups is 1. The van der Waals surface area contributed by atoms with Gasteiger partial charge in [0, 0.05) is 31.0 Å². The lowest BCUT2D eigenvalue weighted by Gasteiger charge is -2.25. The molecule has 0 saturated carbocycles. The first-order chi connectivity index (χ1) is 11.1. The van der Waals surface area contributed by atoms with Crippen LogP contribution in [-0.2, 0) is 7.05 Å². The van der Waals surface area contributed by atoms with Gasteiger partial charge in [0.15, 0.2) is 11.5 Å². The molecule has 1 aliphatic rings. The smallest absolute Gasteiger partial charge is 0.251 e. The van der Waals surface area contributed by atoms with Gasteiger partial charge >= 0.3 is 0 Å². The second-order valence-corrected chi connectivity index (χ2v) is 5.80. The first-order valence-corrected chi connectivity index (χ1v) is 7.52. The average molecular weight is 315 g/mol. The molecule has 1 aliphatic heterocycles. The van der Waals surface area contributed by atoms with E-state index in [4.69, 9.17) is 9.47 Å². The number of nitrogens with one attached hydrogen (secondary N) is 1. The van der Waals surface area contributed by atoms with Crippen molar-refractivity contribution >= 4 is 5.91 Å². The van der Waals surface area contributed by atoms with Crippen LogP contribution < -0.4 is 14.8 Å². The standard InChI is InChI=1S/C17H21N3O3/c1-19(2)14(13-5-4-8-20(13)3)10-18-17(21)12-6-7-15-16(9-12)23-11-22-15/h4-9,14H,10-11H2,1-3H3,(H,18,21). The van der Waals surface area contributed by atoms with Crippen molar-refractivity contribution in [3.05, 3.63) is 47.8 Å². The number of nitrogens with zero attached hydrogens (tertiary/aromatic N) is 2. The van der Waals surface area contributed by atoms with Crippen LogP contribution in [0.1, 0.15) is 22.1 Å². The molecule has 3 rings (SSSR count). The molecule has 1 aromatic carbocycles. The fourth-order valence-corrected chi connectivity index (χ4v) is 2.70. The van der Waals surface area contributed by atoms with Gasteiger partial charge in [-0.15, -0.1) is 0 Å². The summed E-state index contributed by atoms with van der Waals surface area (Å²) in [5, 5.41) is 3.00. The summed E-state index contributed by atoms with van der Waals surface area (Å²) in [5.41, 5.74) is 1.72. The van der Waals surface area contributed by atoms with Crippen LogP contribution >= 0.6 is 0 Å². The third-order valence-corrected chi connectivity index (χ3v) is 4.04. The maximum absolute atomic E-state index is 12.4. The summed E-state index contributed by atoms with van der Waals surface area (Å²) in [6.45, 7) is 0.731. The predicted molar refractivity (Wildman–Crippen MR) is 86.7 cm³/mol. The van der Waals surface area contributed by atoms with Crippen molar-refractivity contribution < 1.29 is 14.3 Å². The molecule has 23 heavy (non-hydrogen) atoms. The van der Waals surface area contributed by atoms with E-state index in [2.05, 4.69) is 20.9 Å². The monoisotopic (exact) mass is 315 g/mol. The lowest BCUT2D eigenvalue weighted by atomic mass is 10.1. The van der Waals surface area contributed by atoms with E-state index in [-0.39, 0.29) is 18.7 Å². The summed E-state index contributed by atoms with van der Waals surface area (Å²) in [7, 11) is 6.01. The molecule has 122 valence electrons. The molecule has 2 heterocycles. The Balaban J connectivity index is 1.69. The zero-order valence-corrected chi connectivity index (χ0v) is 13.6. The Labute approximate surface area is 135 Å². The Morgan fingerprint density at radius 2 is 2.09 bits per heavy atom. The van der Waals surface area contributed by atoms with E-state index >= 15 is 0 Å². The summed E-state index contributed by atoms with van der Waals surface area (Å²) in [4.78, 5) is 14.5. The number of hydrogen-bond donors (Lipinski definition) is 1. The number of benzene rings is 1. The fourth-order valence-electron chi connectivity index (χ4n) is 2.70. The van der Waals surface area contributed by atoms with E-state index in [1.807, 2.05) is 33.4 Å². The molecule has 0 radical (unpaired) electrons. The minimum atomic E-state index is -0.121. The molecule has 0 aliphatic carbocycles. The van der Waals surface area contributed by atoms with E-state index in [0.717, 1.165) is 5.69 Å². The number of ether oxygens (including phenoxy) is 2. The zero-order chi connectivity index (χ0) is 16.4. The van der Waals surface area contributed by atoms with E-state index in [1.165, 1.54) is 0 Å². The van der Waals surface area contributed by atoms with Gasteiger partial charge in [-0.1, -0.05) is 0 Å². The highest BCUT2D eigenvalue weighted by atomic mass is 16.7. The maximum atomic E-state index is 12.4. The van der Waals surface area contributed by atoms with Gasteiger partial charge in [0.05, 0.1) is 6.04 Å². The lowest BCUT2D eigenvalue weighted by molar-refractivity contribution is 0.0940. The first-order valence-electron chi connectivity index (χ1n) is 7.52. The number of aromatic nitrogens is 1. The first kappa shape index (κ1) is 15.4. The van der Waals surface area contributed by atoms with Gasteiger partial charge in [-0.2, -0.15) is 0 Å². The van der Waals surface area contributed by atoms with Gasteiger partial charge in [-0.25, -0.2) is 0 Å². The van der Waals surface area contributed by atoms with E-state index < -0.39 is 0 Å². The molecule has 1 amide bonds. The topological polar surface area (TPSA) is 55.7 Å². The normalized spacial score (nSPS) is 14.1. The minimum absolute atomic E-state index is 0.105. The Bertz CT molecular complexity index is 709. The molecule has 1 atom stereocenters. The van der Waals surface area contributed by atoms with Crippen LogP contribution in [0.3, 0.4) is 0 Å². The van der Waals surface area contributed by atoms with Crippen molar-refractivity contribution in [3.63, 3.8) is 0 Å². The lowest BCUT2D eigenvalue weighted by Crippen LogP contribution is -2.35. The SMILES string of the molecule is CN(C)C(CNC(=O)c1ccc2c(c1)OCO2)c1cccn1C. The zero-order valence-electron chi connectivity index (χ0n) is 13.6.